The number of hydrogen-bond donors (Lipinski definition) is 2. The third-order valence-corrected chi connectivity index (χ3v) is 7.68. The van der Waals surface area contributed by atoms with Gasteiger partial charge in [-0.1, -0.05) is 6.07 Å². The average molecular weight is 407 g/mol. The van der Waals surface area contributed by atoms with E-state index in [1.165, 1.54) is 24.2 Å². The van der Waals surface area contributed by atoms with Crippen LogP contribution in [0, 0.1) is 0 Å². The molecule has 0 saturated heterocycles. The molecule has 2 N–H and O–H groups in total. The molecule has 8 heteroatoms. The van der Waals surface area contributed by atoms with Gasteiger partial charge in [-0.2, -0.15) is 0 Å². The fourth-order valence-corrected chi connectivity index (χ4v) is 6.23. The molecule has 0 unspecified atom stereocenters. The molecule has 1 aliphatic rings. The van der Waals surface area contributed by atoms with Crippen LogP contribution in [-0.2, 0) is 23.1 Å². The molecular formula is C13H15BrN2O2S3. The van der Waals surface area contributed by atoms with Crippen LogP contribution in [0.25, 0.3) is 0 Å². The smallest absolute Gasteiger partial charge is 0.242 e. The van der Waals surface area contributed by atoms with Gasteiger partial charge < -0.3 is 5.32 Å². The van der Waals surface area contributed by atoms with E-state index in [9.17, 15) is 8.42 Å². The molecule has 0 aromatic carbocycles. The van der Waals surface area contributed by atoms with Crippen LogP contribution in [0.5, 0.6) is 0 Å². The summed E-state index contributed by atoms with van der Waals surface area (Å²) < 4.78 is 28.0. The quantitative estimate of drug-likeness (QED) is 0.741. The first-order valence-electron chi connectivity index (χ1n) is 6.58. The topological polar surface area (TPSA) is 58.2 Å². The van der Waals surface area contributed by atoms with Gasteiger partial charge in [0.1, 0.15) is 4.90 Å². The Bertz CT molecular complexity index is 706. The Balaban J connectivity index is 1.68. The van der Waals surface area contributed by atoms with Crippen LogP contribution in [-0.4, -0.2) is 14.5 Å². The zero-order chi connectivity index (χ0) is 14.9. The number of thiophene rings is 2. The van der Waals surface area contributed by atoms with E-state index in [0.717, 1.165) is 16.3 Å². The van der Waals surface area contributed by atoms with E-state index in [4.69, 9.17) is 0 Å². The molecule has 1 fully saturated rings. The molecule has 1 saturated carbocycles. The van der Waals surface area contributed by atoms with Crippen molar-refractivity contribution < 1.29 is 8.42 Å². The van der Waals surface area contributed by atoms with Gasteiger partial charge >= 0.3 is 0 Å². The molecule has 0 spiro atoms. The summed E-state index contributed by atoms with van der Waals surface area (Å²) in [5.41, 5.74) is 0. The van der Waals surface area contributed by atoms with Crippen molar-refractivity contribution in [1.82, 2.24) is 10.0 Å². The van der Waals surface area contributed by atoms with E-state index in [2.05, 4.69) is 26.0 Å². The highest BCUT2D eigenvalue weighted by atomic mass is 79.9. The molecular weight excluding hydrogens is 392 g/mol. The second-order valence-electron chi connectivity index (χ2n) is 4.91. The van der Waals surface area contributed by atoms with Gasteiger partial charge in [0, 0.05) is 28.9 Å². The Labute approximate surface area is 140 Å². The van der Waals surface area contributed by atoms with Gasteiger partial charge in [0.15, 0.2) is 0 Å². The van der Waals surface area contributed by atoms with Gasteiger partial charge in [0.05, 0.1) is 3.79 Å². The number of sulfonamides is 1. The number of nitrogens with one attached hydrogen (secondary N) is 2. The van der Waals surface area contributed by atoms with Crippen molar-refractivity contribution in [3.63, 3.8) is 0 Å². The van der Waals surface area contributed by atoms with Crippen LogP contribution >= 0.6 is 38.6 Å². The molecule has 2 aromatic heterocycles. The van der Waals surface area contributed by atoms with Gasteiger partial charge in [-0.25, -0.2) is 13.1 Å². The third kappa shape index (κ3) is 4.14. The molecule has 4 nitrogen and oxygen atoms in total. The van der Waals surface area contributed by atoms with Crippen molar-refractivity contribution in [3.8, 4) is 0 Å². The van der Waals surface area contributed by atoms with Gasteiger partial charge in [-0.3, -0.25) is 0 Å². The molecule has 0 radical (unpaired) electrons. The lowest BCUT2D eigenvalue weighted by Crippen LogP contribution is -2.22. The van der Waals surface area contributed by atoms with E-state index in [-0.39, 0.29) is 0 Å². The Morgan fingerprint density at radius 1 is 1.29 bits per heavy atom. The summed E-state index contributed by atoms with van der Waals surface area (Å²) >= 11 is 6.38. The molecule has 0 atom stereocenters. The molecule has 114 valence electrons. The van der Waals surface area contributed by atoms with E-state index < -0.39 is 10.0 Å². The van der Waals surface area contributed by atoms with Crippen molar-refractivity contribution in [1.29, 1.82) is 0 Å². The zero-order valence-electron chi connectivity index (χ0n) is 11.1. The molecule has 0 bridgehead atoms. The SMILES string of the molecule is O=S(=O)(NCc1cccs1)c1cc(CNC2CC2)sc1Br. The van der Waals surface area contributed by atoms with Crippen LogP contribution in [0.2, 0.25) is 0 Å². The standard InChI is InChI=1S/C13H15BrN2O2S3/c14-13-12(6-11(20-13)7-15-9-3-4-9)21(17,18)16-8-10-2-1-5-19-10/h1-2,5-6,9,15-16H,3-4,7-8H2. The predicted molar refractivity (Wildman–Crippen MR) is 90.2 cm³/mol. The molecule has 21 heavy (non-hydrogen) atoms. The molecule has 2 aromatic rings. The number of rotatable bonds is 7. The van der Waals surface area contributed by atoms with Crippen molar-refractivity contribution in [2.75, 3.05) is 0 Å². The Kier molecular flexibility index (Phi) is 4.82. The van der Waals surface area contributed by atoms with E-state index in [1.807, 2.05) is 17.5 Å². The average Bonchev–Trinajstić information content (AvgIpc) is 2.97. The normalized spacial score (nSPS) is 15.5. The summed E-state index contributed by atoms with van der Waals surface area (Å²) in [6.45, 7) is 1.06. The summed E-state index contributed by atoms with van der Waals surface area (Å²) in [4.78, 5) is 2.36. The highest BCUT2D eigenvalue weighted by Crippen LogP contribution is 2.32. The lowest BCUT2D eigenvalue weighted by Gasteiger charge is -2.04. The summed E-state index contributed by atoms with van der Waals surface area (Å²) in [5.74, 6) is 0. The highest BCUT2D eigenvalue weighted by molar-refractivity contribution is 9.11. The first-order chi connectivity index (χ1) is 10.0. The summed E-state index contributed by atoms with van der Waals surface area (Å²) in [5, 5.41) is 5.33. The fourth-order valence-electron chi connectivity index (χ4n) is 1.86. The summed E-state index contributed by atoms with van der Waals surface area (Å²) in [6.07, 6.45) is 2.44. The van der Waals surface area contributed by atoms with Crippen molar-refractivity contribution >= 4 is 48.6 Å². The first kappa shape index (κ1) is 15.6. The summed E-state index contributed by atoms with van der Waals surface area (Å²) in [6, 6.07) is 6.20. The van der Waals surface area contributed by atoms with Crippen molar-refractivity contribution in [2.24, 2.45) is 0 Å². The predicted octanol–water partition coefficient (Wildman–Crippen LogP) is 3.30. The van der Waals surface area contributed by atoms with Crippen molar-refractivity contribution in [2.45, 2.75) is 36.9 Å². The Morgan fingerprint density at radius 3 is 2.76 bits per heavy atom. The minimum atomic E-state index is -3.48. The highest BCUT2D eigenvalue weighted by Gasteiger charge is 2.23. The van der Waals surface area contributed by atoms with Crippen molar-refractivity contribution in [3.05, 3.63) is 37.1 Å². The van der Waals surface area contributed by atoms with Gasteiger partial charge in [-0.05, 0) is 46.3 Å². The lowest BCUT2D eigenvalue weighted by atomic mass is 10.4. The van der Waals surface area contributed by atoms with Gasteiger partial charge in [0.25, 0.3) is 0 Å². The molecule has 0 amide bonds. The Hall–Kier alpha value is -0.250. The Morgan fingerprint density at radius 2 is 2.10 bits per heavy atom. The zero-order valence-corrected chi connectivity index (χ0v) is 15.2. The lowest BCUT2D eigenvalue weighted by molar-refractivity contribution is 0.581. The minimum absolute atomic E-state index is 0.330. The third-order valence-electron chi connectivity index (χ3n) is 3.15. The van der Waals surface area contributed by atoms with E-state index in [1.54, 1.807) is 17.4 Å². The van der Waals surface area contributed by atoms with Crippen LogP contribution in [0.15, 0.2) is 32.3 Å². The van der Waals surface area contributed by atoms with Crippen LogP contribution in [0.3, 0.4) is 0 Å². The largest absolute Gasteiger partial charge is 0.309 e. The maximum Gasteiger partial charge on any atom is 0.242 e. The molecule has 2 heterocycles. The van der Waals surface area contributed by atoms with Crippen LogP contribution < -0.4 is 10.0 Å². The monoisotopic (exact) mass is 406 g/mol. The number of hydrogen-bond acceptors (Lipinski definition) is 5. The minimum Gasteiger partial charge on any atom is -0.309 e. The summed E-state index contributed by atoms with van der Waals surface area (Å²) in [7, 11) is -3.48. The van der Waals surface area contributed by atoms with Gasteiger partial charge in [0.2, 0.25) is 10.0 Å². The van der Waals surface area contributed by atoms with Gasteiger partial charge in [-0.15, -0.1) is 22.7 Å². The second-order valence-corrected chi connectivity index (χ2v) is 10.1. The maximum atomic E-state index is 12.4. The van der Waals surface area contributed by atoms with E-state index in [0.29, 0.717) is 21.3 Å². The van der Waals surface area contributed by atoms with Crippen LogP contribution in [0.1, 0.15) is 22.6 Å². The molecule has 3 rings (SSSR count). The molecule has 1 aliphatic carbocycles. The first-order valence-corrected chi connectivity index (χ1v) is 10.6. The van der Waals surface area contributed by atoms with Crippen LogP contribution in [0.4, 0.5) is 0 Å². The maximum absolute atomic E-state index is 12.4. The number of halogens is 1. The fraction of sp³-hybridized carbons (Fsp3) is 0.385. The molecule has 0 aliphatic heterocycles. The second kappa shape index (κ2) is 6.47. The van der Waals surface area contributed by atoms with E-state index >= 15 is 0 Å².